The van der Waals surface area contributed by atoms with E-state index < -0.39 is 0 Å². The number of ether oxygens (including phenoxy) is 1. The molecular formula is C15H26N4O2S. The molecule has 0 aromatic carbocycles. The van der Waals surface area contributed by atoms with Crippen LogP contribution in [0.1, 0.15) is 51.4 Å². The molecule has 0 radical (unpaired) electrons. The highest BCUT2D eigenvalue weighted by Crippen LogP contribution is 2.26. The third-order valence-corrected chi connectivity index (χ3v) is 4.88. The molecule has 1 amide bonds. The molecule has 22 heavy (non-hydrogen) atoms. The van der Waals surface area contributed by atoms with Crippen molar-refractivity contribution in [1.29, 1.82) is 0 Å². The number of nitrogens with zero attached hydrogens (tertiary/aromatic N) is 3. The quantitative estimate of drug-likeness (QED) is 0.813. The lowest BCUT2D eigenvalue weighted by molar-refractivity contribution is -0.127. The topological polar surface area (TPSA) is 69.0 Å². The van der Waals surface area contributed by atoms with E-state index in [2.05, 4.69) is 33.9 Å². The number of hydrogen-bond donors (Lipinski definition) is 1. The van der Waals surface area contributed by atoms with Crippen LogP contribution in [0.15, 0.2) is 5.16 Å². The summed E-state index contributed by atoms with van der Waals surface area (Å²) in [5.74, 6) is 1.04. The van der Waals surface area contributed by atoms with Crippen molar-refractivity contribution in [2.24, 2.45) is 5.92 Å². The largest absolute Gasteiger partial charge is 0.381 e. The van der Waals surface area contributed by atoms with Crippen molar-refractivity contribution in [3.8, 4) is 0 Å². The van der Waals surface area contributed by atoms with Crippen molar-refractivity contribution in [2.45, 2.75) is 63.4 Å². The lowest BCUT2D eigenvalue weighted by Gasteiger charge is -2.26. The molecule has 7 heteroatoms. The summed E-state index contributed by atoms with van der Waals surface area (Å²) < 4.78 is 7.43. The number of methoxy groups -OCH3 is 1. The summed E-state index contributed by atoms with van der Waals surface area (Å²) in [6.07, 6.45) is 6.03. The van der Waals surface area contributed by atoms with E-state index in [1.54, 1.807) is 18.9 Å². The van der Waals surface area contributed by atoms with Gasteiger partial charge >= 0.3 is 0 Å². The van der Waals surface area contributed by atoms with E-state index in [9.17, 15) is 4.79 Å². The summed E-state index contributed by atoms with van der Waals surface area (Å²) in [7, 11) is 1.74. The molecule has 0 unspecified atom stereocenters. The van der Waals surface area contributed by atoms with Gasteiger partial charge in [0.1, 0.15) is 0 Å². The van der Waals surface area contributed by atoms with Crippen LogP contribution < -0.4 is 5.32 Å². The Morgan fingerprint density at radius 1 is 1.36 bits per heavy atom. The standard InChI is InChI=1S/C15H26N4O2S/c1-10(2)19-13(17-18-15(19)22-4)9-16-14(20)11-5-7-12(21-3)8-6-11/h10-12H,5-9H2,1-4H3,(H,16,20). The summed E-state index contributed by atoms with van der Waals surface area (Å²) in [6.45, 7) is 4.63. The molecular weight excluding hydrogens is 300 g/mol. The van der Waals surface area contributed by atoms with Gasteiger partial charge in [0.15, 0.2) is 11.0 Å². The van der Waals surface area contributed by atoms with Gasteiger partial charge in [0.25, 0.3) is 0 Å². The van der Waals surface area contributed by atoms with Gasteiger partial charge in [-0.2, -0.15) is 0 Å². The van der Waals surface area contributed by atoms with Crippen LogP contribution in [0.3, 0.4) is 0 Å². The number of nitrogens with one attached hydrogen (secondary N) is 1. The van der Waals surface area contributed by atoms with Crippen molar-refractivity contribution in [1.82, 2.24) is 20.1 Å². The third-order valence-electron chi connectivity index (χ3n) is 4.23. The summed E-state index contributed by atoms with van der Waals surface area (Å²) in [4.78, 5) is 12.3. The SMILES string of the molecule is COC1CCC(C(=O)NCc2nnc(SC)n2C(C)C)CC1. The van der Waals surface area contributed by atoms with Gasteiger partial charge in [-0.1, -0.05) is 11.8 Å². The number of rotatable bonds is 6. The van der Waals surface area contributed by atoms with Crippen molar-refractivity contribution in [2.75, 3.05) is 13.4 Å². The summed E-state index contributed by atoms with van der Waals surface area (Å²) >= 11 is 1.57. The molecule has 124 valence electrons. The van der Waals surface area contributed by atoms with E-state index in [0.717, 1.165) is 36.7 Å². The molecule has 0 bridgehead atoms. The molecule has 1 saturated carbocycles. The first-order valence-electron chi connectivity index (χ1n) is 7.85. The second kappa shape index (κ2) is 7.97. The number of aromatic nitrogens is 3. The van der Waals surface area contributed by atoms with E-state index in [1.807, 2.05) is 6.26 Å². The van der Waals surface area contributed by atoms with Gasteiger partial charge < -0.3 is 14.6 Å². The number of amides is 1. The highest BCUT2D eigenvalue weighted by Gasteiger charge is 2.26. The summed E-state index contributed by atoms with van der Waals surface area (Å²) in [6, 6.07) is 0.279. The molecule has 0 aliphatic heterocycles. The fourth-order valence-corrected chi connectivity index (χ4v) is 3.59. The minimum absolute atomic E-state index is 0.0989. The van der Waals surface area contributed by atoms with Crippen LogP contribution in [-0.4, -0.2) is 40.1 Å². The molecule has 1 heterocycles. The smallest absolute Gasteiger partial charge is 0.223 e. The lowest BCUT2D eigenvalue weighted by Crippen LogP contribution is -2.34. The first-order chi connectivity index (χ1) is 10.6. The van der Waals surface area contributed by atoms with Crippen LogP contribution in [0.2, 0.25) is 0 Å². The highest BCUT2D eigenvalue weighted by atomic mass is 32.2. The zero-order valence-electron chi connectivity index (χ0n) is 13.8. The summed E-state index contributed by atoms with van der Waals surface area (Å²) in [5, 5.41) is 12.3. The van der Waals surface area contributed by atoms with Crippen LogP contribution >= 0.6 is 11.8 Å². The Balaban J connectivity index is 1.90. The van der Waals surface area contributed by atoms with Crippen molar-refractivity contribution < 1.29 is 9.53 Å². The minimum atomic E-state index is 0.0989. The molecule has 0 atom stereocenters. The fourth-order valence-electron chi connectivity index (χ4n) is 2.96. The van der Waals surface area contributed by atoms with E-state index in [1.165, 1.54) is 0 Å². The lowest BCUT2D eigenvalue weighted by atomic mass is 9.87. The molecule has 1 fully saturated rings. The Labute approximate surface area is 136 Å². The van der Waals surface area contributed by atoms with Crippen LogP contribution in [-0.2, 0) is 16.1 Å². The minimum Gasteiger partial charge on any atom is -0.381 e. The maximum Gasteiger partial charge on any atom is 0.223 e. The number of hydrogen-bond acceptors (Lipinski definition) is 5. The zero-order chi connectivity index (χ0) is 16.1. The second-order valence-corrected chi connectivity index (χ2v) is 6.77. The maximum atomic E-state index is 12.3. The zero-order valence-corrected chi connectivity index (χ0v) is 14.7. The van der Waals surface area contributed by atoms with Crippen molar-refractivity contribution >= 4 is 17.7 Å². The number of thioether (sulfide) groups is 1. The van der Waals surface area contributed by atoms with E-state index >= 15 is 0 Å². The molecule has 1 aromatic rings. The van der Waals surface area contributed by atoms with E-state index in [-0.39, 0.29) is 17.9 Å². The van der Waals surface area contributed by atoms with Gasteiger partial charge in [-0.05, 0) is 45.8 Å². The van der Waals surface area contributed by atoms with Crippen LogP contribution in [0.4, 0.5) is 0 Å². The van der Waals surface area contributed by atoms with Crippen LogP contribution in [0, 0.1) is 5.92 Å². The van der Waals surface area contributed by atoms with Gasteiger partial charge in [-0.15, -0.1) is 10.2 Å². The fraction of sp³-hybridized carbons (Fsp3) is 0.800. The van der Waals surface area contributed by atoms with Crippen LogP contribution in [0.25, 0.3) is 0 Å². The monoisotopic (exact) mass is 326 g/mol. The molecule has 1 aliphatic rings. The number of carbonyl (C=O) groups is 1. The molecule has 1 aliphatic carbocycles. The third kappa shape index (κ3) is 4.01. The Hall–Kier alpha value is -1.08. The molecule has 1 aromatic heterocycles. The van der Waals surface area contributed by atoms with Gasteiger partial charge in [-0.3, -0.25) is 4.79 Å². The van der Waals surface area contributed by atoms with Crippen LogP contribution in [0.5, 0.6) is 0 Å². The van der Waals surface area contributed by atoms with E-state index in [0.29, 0.717) is 12.6 Å². The highest BCUT2D eigenvalue weighted by molar-refractivity contribution is 7.98. The normalized spacial score (nSPS) is 22.0. The molecule has 0 spiro atoms. The first-order valence-corrected chi connectivity index (χ1v) is 9.07. The van der Waals surface area contributed by atoms with Crippen molar-refractivity contribution in [3.05, 3.63) is 5.82 Å². The molecule has 2 rings (SSSR count). The average Bonchev–Trinajstić information content (AvgIpc) is 2.96. The maximum absolute atomic E-state index is 12.3. The predicted octanol–water partition coefficient (Wildman–Crippen LogP) is 2.40. The van der Waals surface area contributed by atoms with Gasteiger partial charge in [0, 0.05) is 19.1 Å². The molecule has 0 saturated heterocycles. The summed E-state index contributed by atoms with van der Waals surface area (Å²) in [5.41, 5.74) is 0. The average molecular weight is 326 g/mol. The Morgan fingerprint density at radius 2 is 2.05 bits per heavy atom. The van der Waals surface area contributed by atoms with E-state index in [4.69, 9.17) is 4.74 Å². The molecule has 1 N–H and O–H groups in total. The second-order valence-electron chi connectivity index (χ2n) is 5.99. The van der Waals surface area contributed by atoms with Crippen molar-refractivity contribution in [3.63, 3.8) is 0 Å². The Kier molecular flexibility index (Phi) is 6.26. The van der Waals surface area contributed by atoms with Gasteiger partial charge in [-0.25, -0.2) is 0 Å². The van der Waals surface area contributed by atoms with Gasteiger partial charge in [0.2, 0.25) is 5.91 Å². The molecule has 6 nitrogen and oxygen atoms in total. The Bertz CT molecular complexity index is 496. The Morgan fingerprint density at radius 3 is 2.59 bits per heavy atom. The first kappa shape index (κ1) is 17.3. The number of carbonyl (C=O) groups excluding carboxylic acids is 1. The predicted molar refractivity (Wildman–Crippen MR) is 86.8 cm³/mol. The van der Waals surface area contributed by atoms with Gasteiger partial charge in [0.05, 0.1) is 12.6 Å².